The van der Waals surface area contributed by atoms with Crippen LogP contribution in [0.25, 0.3) is 0 Å². The fourth-order valence-corrected chi connectivity index (χ4v) is 0.725. The Kier molecular flexibility index (Phi) is 20.2. The Hall–Kier alpha value is -1.36. The maximum absolute atomic E-state index is 12.5. The number of halogens is 1. The molecule has 1 aromatic carbocycles. The predicted octanol–water partition coefficient (Wildman–Crippen LogP) is 5.08. The highest BCUT2D eigenvalue weighted by atomic mass is 19.1. The summed E-state index contributed by atoms with van der Waals surface area (Å²) in [6.45, 7) is 13.8. The molecule has 0 aliphatic rings. The van der Waals surface area contributed by atoms with E-state index in [1.165, 1.54) is 12.1 Å². The van der Waals surface area contributed by atoms with Crippen LogP contribution in [0.4, 0.5) is 4.39 Å². The standard InChI is InChI=1S/C8H6FN.3C2H6/c1-6-2-3-8(9)7(4-6)5-10;3*1-2/h2-4H,1H3;3*1-2H3. The highest BCUT2D eigenvalue weighted by Crippen LogP contribution is 2.07. The van der Waals surface area contributed by atoms with Crippen LogP contribution in [0.2, 0.25) is 0 Å². The van der Waals surface area contributed by atoms with E-state index in [1.54, 1.807) is 12.1 Å². The number of hydrogen-bond donors (Lipinski definition) is 0. The molecular weight excluding hydrogens is 201 g/mol. The van der Waals surface area contributed by atoms with Gasteiger partial charge in [0.15, 0.2) is 0 Å². The van der Waals surface area contributed by atoms with Crippen molar-refractivity contribution >= 4 is 0 Å². The first-order valence-electron chi connectivity index (χ1n) is 5.90. The number of benzene rings is 1. The van der Waals surface area contributed by atoms with E-state index >= 15 is 0 Å². The van der Waals surface area contributed by atoms with Crippen LogP contribution in [-0.4, -0.2) is 0 Å². The third-order valence-corrected chi connectivity index (χ3v) is 1.24. The van der Waals surface area contributed by atoms with Crippen molar-refractivity contribution in [3.05, 3.63) is 35.1 Å². The number of hydrogen-bond acceptors (Lipinski definition) is 1. The molecule has 1 aromatic rings. The van der Waals surface area contributed by atoms with Crippen molar-refractivity contribution in [2.24, 2.45) is 0 Å². The van der Waals surface area contributed by atoms with E-state index in [1.807, 2.05) is 48.5 Å². The van der Waals surface area contributed by atoms with Crippen LogP contribution in [0.3, 0.4) is 0 Å². The zero-order valence-electron chi connectivity index (χ0n) is 11.6. The van der Waals surface area contributed by atoms with Crippen molar-refractivity contribution in [2.45, 2.75) is 48.5 Å². The van der Waals surface area contributed by atoms with E-state index < -0.39 is 5.82 Å². The van der Waals surface area contributed by atoms with Gasteiger partial charge in [0.25, 0.3) is 0 Å². The van der Waals surface area contributed by atoms with Gasteiger partial charge in [-0.1, -0.05) is 47.6 Å². The van der Waals surface area contributed by atoms with Gasteiger partial charge in [-0.3, -0.25) is 0 Å². The fraction of sp³-hybridized carbons (Fsp3) is 0.500. The Bertz CT molecular complexity index is 287. The molecule has 1 rings (SSSR count). The second-order valence-corrected chi connectivity index (χ2v) is 2.10. The van der Waals surface area contributed by atoms with Gasteiger partial charge < -0.3 is 0 Å². The molecule has 0 aliphatic carbocycles. The molecule has 0 saturated carbocycles. The normalized spacial score (nSPS) is 6.69. The van der Waals surface area contributed by atoms with Gasteiger partial charge in [0, 0.05) is 0 Å². The van der Waals surface area contributed by atoms with Gasteiger partial charge in [0.1, 0.15) is 11.9 Å². The largest absolute Gasteiger partial charge is 0.206 e. The van der Waals surface area contributed by atoms with Crippen molar-refractivity contribution in [3.8, 4) is 6.07 Å². The smallest absolute Gasteiger partial charge is 0.140 e. The lowest BCUT2D eigenvalue weighted by atomic mass is 10.1. The maximum atomic E-state index is 12.5. The van der Waals surface area contributed by atoms with Crippen molar-refractivity contribution < 1.29 is 4.39 Å². The van der Waals surface area contributed by atoms with Crippen LogP contribution in [0.5, 0.6) is 0 Å². The summed E-state index contributed by atoms with van der Waals surface area (Å²) >= 11 is 0. The highest BCUT2D eigenvalue weighted by Gasteiger charge is 1.98. The average Bonchev–Trinajstić information content (AvgIpc) is 2.39. The Morgan fingerprint density at radius 3 is 1.75 bits per heavy atom. The molecule has 0 bridgehead atoms. The number of rotatable bonds is 0. The molecule has 0 aromatic heterocycles. The number of aryl methyl sites for hydroxylation is 1. The second-order valence-electron chi connectivity index (χ2n) is 2.10. The molecule has 0 radical (unpaired) electrons. The molecule has 0 heterocycles. The topological polar surface area (TPSA) is 23.8 Å². The molecule has 0 spiro atoms. The average molecular weight is 225 g/mol. The van der Waals surface area contributed by atoms with E-state index in [2.05, 4.69) is 0 Å². The second kappa shape index (κ2) is 16.1. The Morgan fingerprint density at radius 2 is 1.44 bits per heavy atom. The van der Waals surface area contributed by atoms with Gasteiger partial charge in [-0.15, -0.1) is 0 Å². The van der Waals surface area contributed by atoms with Crippen LogP contribution >= 0.6 is 0 Å². The van der Waals surface area contributed by atoms with E-state index in [9.17, 15) is 4.39 Å². The predicted molar refractivity (Wildman–Crippen MR) is 69.9 cm³/mol. The molecule has 1 nitrogen and oxygen atoms in total. The minimum absolute atomic E-state index is 0.111. The quantitative estimate of drug-likeness (QED) is 0.603. The summed E-state index contributed by atoms with van der Waals surface area (Å²) in [6.07, 6.45) is 0. The molecule has 0 aliphatic heterocycles. The molecule has 0 saturated heterocycles. The summed E-state index contributed by atoms with van der Waals surface area (Å²) in [7, 11) is 0. The van der Waals surface area contributed by atoms with E-state index in [0.29, 0.717) is 0 Å². The van der Waals surface area contributed by atoms with E-state index in [4.69, 9.17) is 5.26 Å². The number of nitriles is 1. The number of nitrogens with zero attached hydrogens (tertiary/aromatic N) is 1. The first kappa shape index (κ1) is 20.1. The molecule has 0 amide bonds. The van der Waals surface area contributed by atoms with Crippen molar-refractivity contribution in [1.29, 1.82) is 5.26 Å². The fourth-order valence-electron chi connectivity index (χ4n) is 0.725. The summed E-state index contributed by atoms with van der Waals surface area (Å²) in [4.78, 5) is 0. The minimum atomic E-state index is -0.451. The SMILES string of the molecule is CC.CC.CC.Cc1ccc(F)c(C#N)c1. The van der Waals surface area contributed by atoms with Gasteiger partial charge in [-0.05, 0) is 24.6 Å². The molecule has 0 unspecified atom stereocenters. The molecule has 2 heteroatoms. The van der Waals surface area contributed by atoms with E-state index in [0.717, 1.165) is 5.56 Å². The van der Waals surface area contributed by atoms with E-state index in [-0.39, 0.29) is 5.56 Å². The third-order valence-electron chi connectivity index (χ3n) is 1.24. The highest BCUT2D eigenvalue weighted by molar-refractivity contribution is 5.33. The molecular formula is C14H24FN. The zero-order chi connectivity index (χ0) is 13.6. The summed E-state index contributed by atoms with van der Waals surface area (Å²) in [5.74, 6) is -0.451. The lowest BCUT2D eigenvalue weighted by Crippen LogP contribution is -1.83. The van der Waals surface area contributed by atoms with Crippen LogP contribution in [-0.2, 0) is 0 Å². The molecule has 0 atom stereocenters. The maximum Gasteiger partial charge on any atom is 0.140 e. The van der Waals surface area contributed by atoms with Gasteiger partial charge in [-0.25, -0.2) is 4.39 Å². The molecule has 0 fully saturated rings. The Morgan fingerprint density at radius 1 is 1.00 bits per heavy atom. The Labute approximate surface area is 99.9 Å². The van der Waals surface area contributed by atoms with Gasteiger partial charge >= 0.3 is 0 Å². The first-order valence-corrected chi connectivity index (χ1v) is 5.90. The third kappa shape index (κ3) is 9.21. The van der Waals surface area contributed by atoms with Crippen LogP contribution in [0.1, 0.15) is 52.7 Å². The monoisotopic (exact) mass is 225 g/mol. The van der Waals surface area contributed by atoms with Gasteiger partial charge in [0.2, 0.25) is 0 Å². The lowest BCUT2D eigenvalue weighted by Gasteiger charge is -1.92. The lowest BCUT2D eigenvalue weighted by molar-refractivity contribution is 0.623. The molecule has 92 valence electrons. The zero-order valence-corrected chi connectivity index (χ0v) is 11.6. The first-order chi connectivity index (χ1) is 7.74. The summed E-state index contributed by atoms with van der Waals surface area (Å²) < 4.78 is 12.5. The van der Waals surface area contributed by atoms with Crippen molar-refractivity contribution in [1.82, 2.24) is 0 Å². The molecule has 16 heavy (non-hydrogen) atoms. The summed E-state index contributed by atoms with van der Waals surface area (Å²) in [6, 6.07) is 6.22. The molecule has 0 N–H and O–H groups in total. The van der Waals surface area contributed by atoms with Crippen LogP contribution in [0, 0.1) is 24.1 Å². The van der Waals surface area contributed by atoms with Gasteiger partial charge in [-0.2, -0.15) is 5.26 Å². The van der Waals surface area contributed by atoms with Crippen LogP contribution in [0.15, 0.2) is 18.2 Å². The van der Waals surface area contributed by atoms with Gasteiger partial charge in [0.05, 0.1) is 5.56 Å². The van der Waals surface area contributed by atoms with Crippen LogP contribution < -0.4 is 0 Å². The van der Waals surface area contributed by atoms with Crippen molar-refractivity contribution in [2.75, 3.05) is 0 Å². The summed E-state index contributed by atoms with van der Waals surface area (Å²) in [5.41, 5.74) is 1.01. The van der Waals surface area contributed by atoms with Crippen molar-refractivity contribution in [3.63, 3.8) is 0 Å². The minimum Gasteiger partial charge on any atom is -0.206 e. The Balaban J connectivity index is -0.000000245. The summed E-state index contributed by atoms with van der Waals surface area (Å²) in [5, 5.41) is 8.35.